The molecule has 0 saturated heterocycles. The first kappa shape index (κ1) is 15.5. The number of carbonyl (C=O) groups excluding carboxylic acids is 1. The number of hydrogen-bond donors (Lipinski definition) is 1. The number of hydrogen-bond acceptors (Lipinski definition) is 2. The second-order valence-electron chi connectivity index (χ2n) is 6.19. The van der Waals surface area contributed by atoms with Crippen molar-refractivity contribution >= 4 is 17.3 Å². The predicted molar refractivity (Wildman–Crippen MR) is 90.9 cm³/mol. The van der Waals surface area contributed by atoms with E-state index in [0.29, 0.717) is 13.0 Å². The highest BCUT2D eigenvalue weighted by Crippen LogP contribution is 2.35. The molecule has 0 bridgehead atoms. The molecule has 0 fully saturated rings. The minimum Gasteiger partial charge on any atom is -0.398 e. The van der Waals surface area contributed by atoms with Crippen LogP contribution in [0.2, 0.25) is 0 Å². The quantitative estimate of drug-likeness (QED) is 0.855. The Balaban J connectivity index is 2.05. The summed E-state index contributed by atoms with van der Waals surface area (Å²) in [7, 11) is 0. The van der Waals surface area contributed by atoms with Gasteiger partial charge in [-0.05, 0) is 67.1 Å². The number of rotatable bonds is 2. The van der Waals surface area contributed by atoms with Gasteiger partial charge in [0.15, 0.2) is 0 Å². The monoisotopic (exact) mass is 312 g/mol. The second-order valence-corrected chi connectivity index (χ2v) is 6.19. The molecule has 0 aliphatic carbocycles. The van der Waals surface area contributed by atoms with Crippen molar-refractivity contribution in [2.24, 2.45) is 0 Å². The highest BCUT2D eigenvalue weighted by Gasteiger charge is 2.25. The Morgan fingerprint density at radius 3 is 2.57 bits per heavy atom. The zero-order valence-corrected chi connectivity index (χ0v) is 13.5. The van der Waals surface area contributed by atoms with Crippen LogP contribution in [0.1, 0.15) is 35.1 Å². The fourth-order valence-corrected chi connectivity index (χ4v) is 3.21. The summed E-state index contributed by atoms with van der Waals surface area (Å²) in [6, 6.07) is 8.31. The van der Waals surface area contributed by atoms with E-state index < -0.39 is 0 Å². The van der Waals surface area contributed by atoms with Gasteiger partial charge in [0.1, 0.15) is 5.82 Å². The minimum absolute atomic E-state index is 0.108. The molecule has 2 aromatic rings. The maximum absolute atomic E-state index is 13.1. The fourth-order valence-electron chi connectivity index (χ4n) is 3.21. The molecule has 1 heterocycles. The van der Waals surface area contributed by atoms with Gasteiger partial charge in [-0.3, -0.25) is 4.79 Å². The van der Waals surface area contributed by atoms with Gasteiger partial charge in [0, 0.05) is 17.8 Å². The topological polar surface area (TPSA) is 46.3 Å². The molecule has 0 spiro atoms. The molecular weight excluding hydrogens is 291 g/mol. The molecule has 120 valence electrons. The van der Waals surface area contributed by atoms with Crippen LogP contribution in [0.25, 0.3) is 0 Å². The Bertz CT molecular complexity index is 753. The Kier molecular flexibility index (Phi) is 4.07. The normalized spacial score (nSPS) is 14.6. The molecule has 0 unspecified atom stereocenters. The van der Waals surface area contributed by atoms with Crippen molar-refractivity contribution in [1.82, 2.24) is 0 Å². The van der Waals surface area contributed by atoms with Crippen LogP contribution in [0.4, 0.5) is 15.8 Å². The number of aryl methyl sites for hydroxylation is 1. The lowest BCUT2D eigenvalue weighted by molar-refractivity contribution is -0.118. The number of fused-ring (bicyclic) bond motifs is 1. The van der Waals surface area contributed by atoms with Crippen molar-refractivity contribution in [2.75, 3.05) is 10.6 Å². The minimum atomic E-state index is -0.268. The molecular formula is C19H21FN2O. The Hall–Kier alpha value is -2.36. The van der Waals surface area contributed by atoms with Crippen LogP contribution in [0.15, 0.2) is 30.3 Å². The Morgan fingerprint density at radius 2 is 1.87 bits per heavy atom. The zero-order chi connectivity index (χ0) is 16.6. The third kappa shape index (κ3) is 2.93. The van der Waals surface area contributed by atoms with E-state index in [1.165, 1.54) is 12.1 Å². The summed E-state index contributed by atoms with van der Waals surface area (Å²) in [5.74, 6) is -0.160. The Labute approximate surface area is 135 Å². The van der Waals surface area contributed by atoms with Crippen molar-refractivity contribution in [3.8, 4) is 0 Å². The summed E-state index contributed by atoms with van der Waals surface area (Å²) in [5.41, 5.74) is 12.0. The van der Waals surface area contributed by atoms with E-state index >= 15 is 0 Å². The largest absolute Gasteiger partial charge is 0.398 e. The summed E-state index contributed by atoms with van der Waals surface area (Å²) < 4.78 is 13.1. The summed E-state index contributed by atoms with van der Waals surface area (Å²) in [5, 5.41) is 0. The van der Waals surface area contributed by atoms with Gasteiger partial charge < -0.3 is 10.6 Å². The molecule has 1 amide bonds. The molecule has 1 aliphatic heterocycles. The lowest BCUT2D eigenvalue weighted by atomic mass is 9.97. The maximum atomic E-state index is 13.1. The molecule has 0 atom stereocenters. The second kappa shape index (κ2) is 6.03. The molecule has 0 radical (unpaired) electrons. The molecule has 0 saturated carbocycles. The van der Waals surface area contributed by atoms with Crippen LogP contribution < -0.4 is 10.6 Å². The highest BCUT2D eigenvalue weighted by molar-refractivity contribution is 5.95. The van der Waals surface area contributed by atoms with Crippen LogP contribution in [0.3, 0.4) is 0 Å². The standard InChI is InChI=1S/C19H21FN2O/c1-12-10-17-16(13(2)19(12)21)4-3-5-18(23)22(17)11-14-6-8-15(20)9-7-14/h6-10H,3-5,11,21H2,1-2H3. The molecule has 23 heavy (non-hydrogen) atoms. The first-order valence-corrected chi connectivity index (χ1v) is 7.90. The van der Waals surface area contributed by atoms with Crippen molar-refractivity contribution in [1.29, 1.82) is 0 Å². The van der Waals surface area contributed by atoms with E-state index in [9.17, 15) is 9.18 Å². The van der Waals surface area contributed by atoms with Gasteiger partial charge in [-0.1, -0.05) is 12.1 Å². The van der Waals surface area contributed by atoms with E-state index in [0.717, 1.165) is 46.5 Å². The summed E-state index contributed by atoms with van der Waals surface area (Å²) in [6.45, 7) is 4.44. The lowest BCUT2D eigenvalue weighted by Gasteiger charge is -2.25. The van der Waals surface area contributed by atoms with Crippen LogP contribution in [-0.4, -0.2) is 5.91 Å². The summed E-state index contributed by atoms with van der Waals surface area (Å²) in [4.78, 5) is 14.4. The van der Waals surface area contributed by atoms with Crippen molar-refractivity contribution in [3.63, 3.8) is 0 Å². The molecule has 1 aliphatic rings. The number of nitrogens with two attached hydrogens (primary N) is 1. The highest BCUT2D eigenvalue weighted by atomic mass is 19.1. The molecule has 2 N–H and O–H groups in total. The van der Waals surface area contributed by atoms with Crippen molar-refractivity contribution < 1.29 is 9.18 Å². The van der Waals surface area contributed by atoms with Gasteiger partial charge >= 0.3 is 0 Å². The van der Waals surface area contributed by atoms with Crippen LogP contribution >= 0.6 is 0 Å². The number of nitrogen functional groups attached to an aromatic ring is 1. The van der Waals surface area contributed by atoms with Gasteiger partial charge in [-0.2, -0.15) is 0 Å². The van der Waals surface area contributed by atoms with E-state index in [2.05, 4.69) is 0 Å². The Morgan fingerprint density at radius 1 is 1.17 bits per heavy atom. The number of benzene rings is 2. The van der Waals surface area contributed by atoms with E-state index in [-0.39, 0.29) is 11.7 Å². The number of carbonyl (C=O) groups is 1. The van der Waals surface area contributed by atoms with Crippen molar-refractivity contribution in [2.45, 2.75) is 39.7 Å². The summed E-state index contributed by atoms with van der Waals surface area (Å²) in [6.07, 6.45) is 2.21. The van der Waals surface area contributed by atoms with E-state index in [1.807, 2.05) is 24.8 Å². The molecule has 3 rings (SSSR count). The van der Waals surface area contributed by atoms with Crippen molar-refractivity contribution in [3.05, 3.63) is 58.4 Å². The number of halogens is 1. The van der Waals surface area contributed by atoms with Gasteiger partial charge in [-0.25, -0.2) is 4.39 Å². The zero-order valence-electron chi connectivity index (χ0n) is 13.5. The number of nitrogens with zero attached hydrogens (tertiary/aromatic N) is 1. The van der Waals surface area contributed by atoms with Gasteiger partial charge in [0.25, 0.3) is 0 Å². The lowest BCUT2D eigenvalue weighted by Crippen LogP contribution is -2.30. The third-order valence-corrected chi connectivity index (χ3v) is 4.61. The maximum Gasteiger partial charge on any atom is 0.227 e. The van der Waals surface area contributed by atoms with E-state index in [4.69, 9.17) is 5.73 Å². The smallest absolute Gasteiger partial charge is 0.227 e. The van der Waals surface area contributed by atoms with Gasteiger partial charge in [-0.15, -0.1) is 0 Å². The fraction of sp³-hybridized carbons (Fsp3) is 0.316. The molecule has 4 heteroatoms. The third-order valence-electron chi connectivity index (χ3n) is 4.61. The van der Waals surface area contributed by atoms with E-state index in [1.54, 1.807) is 12.1 Å². The number of amides is 1. The average molecular weight is 312 g/mol. The van der Waals surface area contributed by atoms with Crippen LogP contribution in [0.5, 0.6) is 0 Å². The first-order chi connectivity index (χ1) is 11.0. The van der Waals surface area contributed by atoms with Gasteiger partial charge in [0.05, 0.1) is 6.54 Å². The summed E-state index contributed by atoms with van der Waals surface area (Å²) >= 11 is 0. The number of anilines is 2. The predicted octanol–water partition coefficient (Wildman–Crippen LogP) is 3.89. The van der Waals surface area contributed by atoms with Crippen LogP contribution in [0, 0.1) is 19.7 Å². The average Bonchev–Trinajstić information content (AvgIpc) is 2.68. The molecule has 3 nitrogen and oxygen atoms in total. The molecule has 2 aromatic carbocycles. The SMILES string of the molecule is Cc1cc2c(c(C)c1N)CCCC(=O)N2Cc1ccc(F)cc1. The van der Waals surface area contributed by atoms with Gasteiger partial charge in [0.2, 0.25) is 5.91 Å². The molecule has 0 aromatic heterocycles. The van der Waals surface area contributed by atoms with Crippen LogP contribution in [-0.2, 0) is 17.8 Å². The first-order valence-electron chi connectivity index (χ1n) is 7.90.